The Morgan fingerprint density at radius 2 is 1.78 bits per heavy atom. The van der Waals surface area contributed by atoms with Crippen LogP contribution in [0.1, 0.15) is 33.8 Å². The number of benzene rings is 2. The summed E-state index contributed by atoms with van der Waals surface area (Å²) >= 11 is 0. The summed E-state index contributed by atoms with van der Waals surface area (Å²) in [6.07, 6.45) is 2.70. The van der Waals surface area contributed by atoms with Gasteiger partial charge in [0.1, 0.15) is 5.75 Å². The van der Waals surface area contributed by atoms with E-state index in [1.165, 1.54) is 6.26 Å². The maximum atomic E-state index is 12.7. The van der Waals surface area contributed by atoms with Crippen molar-refractivity contribution in [2.75, 3.05) is 13.4 Å². The van der Waals surface area contributed by atoms with E-state index in [0.29, 0.717) is 0 Å². The molecule has 2 aromatic rings. The van der Waals surface area contributed by atoms with Crippen LogP contribution < -0.4 is 4.74 Å². The number of hydrogen-bond donors (Lipinski definition) is 0. The molecule has 0 radical (unpaired) electrons. The van der Waals surface area contributed by atoms with Crippen LogP contribution in [0, 0.1) is 0 Å². The number of ether oxygens (including phenoxy) is 1. The van der Waals surface area contributed by atoms with E-state index in [2.05, 4.69) is 0 Å². The molecule has 0 amide bonds. The fourth-order valence-corrected chi connectivity index (χ4v) is 3.66. The number of sulfone groups is 1. The first-order chi connectivity index (χ1) is 10.9. The molecule has 23 heavy (non-hydrogen) atoms. The van der Waals surface area contributed by atoms with E-state index in [-0.39, 0.29) is 16.6 Å². The van der Waals surface area contributed by atoms with Gasteiger partial charge < -0.3 is 4.74 Å². The maximum Gasteiger partial charge on any atom is 0.175 e. The molecule has 1 unspecified atom stereocenters. The quantitative estimate of drug-likeness (QED) is 0.868. The van der Waals surface area contributed by atoms with Crippen molar-refractivity contribution in [2.45, 2.75) is 23.7 Å². The predicted octanol–water partition coefficient (Wildman–Crippen LogP) is 3.01. The summed E-state index contributed by atoms with van der Waals surface area (Å²) in [7, 11) is -1.61. The topological polar surface area (TPSA) is 60.4 Å². The molecular formula is C18H18O4S. The van der Waals surface area contributed by atoms with Gasteiger partial charge in [-0.1, -0.05) is 12.1 Å². The highest BCUT2D eigenvalue weighted by Crippen LogP contribution is 2.34. The Kier molecular flexibility index (Phi) is 3.98. The monoisotopic (exact) mass is 330 g/mol. The van der Waals surface area contributed by atoms with Gasteiger partial charge in [0.05, 0.1) is 12.0 Å². The molecule has 3 rings (SSSR count). The summed E-state index contributed by atoms with van der Waals surface area (Å²) in [5, 5.41) is 0. The first-order valence-electron chi connectivity index (χ1n) is 7.41. The largest absolute Gasteiger partial charge is 0.497 e. The Morgan fingerprint density at radius 1 is 1.09 bits per heavy atom. The molecule has 120 valence electrons. The van der Waals surface area contributed by atoms with Gasteiger partial charge in [0, 0.05) is 17.7 Å². The van der Waals surface area contributed by atoms with E-state index < -0.39 is 9.84 Å². The minimum Gasteiger partial charge on any atom is -0.497 e. The molecule has 0 spiro atoms. The SMILES string of the molecule is COc1ccc2c(c1)CCC(c1ccc(S(C)(=O)=O)cc1)C2=O. The van der Waals surface area contributed by atoms with Crippen molar-refractivity contribution in [3.63, 3.8) is 0 Å². The van der Waals surface area contributed by atoms with Gasteiger partial charge in [0.25, 0.3) is 0 Å². The molecule has 0 bridgehead atoms. The minimum absolute atomic E-state index is 0.0843. The van der Waals surface area contributed by atoms with Gasteiger partial charge in [-0.3, -0.25) is 4.79 Å². The van der Waals surface area contributed by atoms with Crippen LogP contribution in [0.5, 0.6) is 5.75 Å². The second-order valence-electron chi connectivity index (χ2n) is 5.82. The van der Waals surface area contributed by atoms with Crippen molar-refractivity contribution in [2.24, 2.45) is 0 Å². The maximum absolute atomic E-state index is 12.7. The zero-order valence-electron chi connectivity index (χ0n) is 13.1. The molecule has 0 N–H and O–H groups in total. The van der Waals surface area contributed by atoms with E-state index in [1.54, 1.807) is 37.4 Å². The number of methoxy groups -OCH3 is 1. The van der Waals surface area contributed by atoms with Gasteiger partial charge >= 0.3 is 0 Å². The van der Waals surface area contributed by atoms with Crippen molar-refractivity contribution < 1.29 is 17.9 Å². The first-order valence-corrected chi connectivity index (χ1v) is 9.30. The molecule has 0 saturated carbocycles. The predicted molar refractivity (Wildman–Crippen MR) is 87.9 cm³/mol. The normalized spacial score (nSPS) is 17.7. The first kappa shape index (κ1) is 15.7. The summed E-state index contributed by atoms with van der Waals surface area (Å²) in [5.74, 6) is 0.623. The van der Waals surface area contributed by atoms with Crippen molar-refractivity contribution in [1.29, 1.82) is 0 Å². The van der Waals surface area contributed by atoms with Crippen molar-refractivity contribution in [3.05, 3.63) is 59.2 Å². The van der Waals surface area contributed by atoms with Crippen LogP contribution in [0.3, 0.4) is 0 Å². The lowest BCUT2D eigenvalue weighted by Gasteiger charge is -2.24. The van der Waals surface area contributed by atoms with Gasteiger partial charge in [-0.25, -0.2) is 8.42 Å². The Bertz CT molecular complexity index is 851. The third-order valence-corrected chi connectivity index (χ3v) is 5.44. The van der Waals surface area contributed by atoms with Crippen LogP contribution in [-0.2, 0) is 16.3 Å². The number of carbonyl (C=O) groups is 1. The Morgan fingerprint density at radius 3 is 2.39 bits per heavy atom. The third-order valence-electron chi connectivity index (χ3n) is 4.31. The number of fused-ring (bicyclic) bond motifs is 1. The smallest absolute Gasteiger partial charge is 0.175 e. The zero-order valence-corrected chi connectivity index (χ0v) is 13.9. The summed E-state index contributed by atoms with van der Waals surface area (Å²) in [6.45, 7) is 0. The average Bonchev–Trinajstić information content (AvgIpc) is 2.54. The van der Waals surface area contributed by atoms with E-state index in [9.17, 15) is 13.2 Å². The zero-order chi connectivity index (χ0) is 16.6. The molecule has 1 aliphatic rings. The lowest BCUT2D eigenvalue weighted by atomic mass is 9.79. The van der Waals surface area contributed by atoms with Crippen LogP contribution in [0.25, 0.3) is 0 Å². The Labute approximate surface area is 136 Å². The van der Waals surface area contributed by atoms with Gasteiger partial charge in [-0.05, 0) is 54.3 Å². The molecule has 1 aliphatic carbocycles. The molecular weight excluding hydrogens is 312 g/mol. The summed E-state index contributed by atoms with van der Waals surface area (Å²) in [5.41, 5.74) is 2.61. The van der Waals surface area contributed by atoms with Gasteiger partial charge in [0.2, 0.25) is 0 Å². The molecule has 0 aromatic heterocycles. The standard InChI is InChI=1S/C18H18O4S/c1-22-14-6-10-17-13(11-14)5-9-16(18(17)19)12-3-7-15(8-4-12)23(2,20)21/h3-4,6-8,10-11,16H,5,9H2,1-2H3. The minimum atomic E-state index is -3.22. The summed E-state index contributed by atoms with van der Waals surface area (Å²) < 4.78 is 28.3. The summed E-state index contributed by atoms with van der Waals surface area (Å²) in [4.78, 5) is 13.0. The molecule has 0 heterocycles. The Balaban J connectivity index is 1.92. The lowest BCUT2D eigenvalue weighted by Crippen LogP contribution is -2.21. The van der Waals surface area contributed by atoms with Crippen LogP contribution >= 0.6 is 0 Å². The van der Waals surface area contributed by atoms with Gasteiger partial charge in [-0.2, -0.15) is 0 Å². The number of aryl methyl sites for hydroxylation is 1. The van der Waals surface area contributed by atoms with E-state index >= 15 is 0 Å². The fourth-order valence-electron chi connectivity index (χ4n) is 3.03. The molecule has 2 aromatic carbocycles. The molecule has 1 atom stereocenters. The number of hydrogen-bond acceptors (Lipinski definition) is 4. The second-order valence-corrected chi connectivity index (χ2v) is 7.84. The van der Waals surface area contributed by atoms with Crippen molar-refractivity contribution >= 4 is 15.6 Å². The van der Waals surface area contributed by atoms with E-state index in [4.69, 9.17) is 4.74 Å². The summed E-state index contributed by atoms with van der Waals surface area (Å²) in [6, 6.07) is 12.2. The second kappa shape index (κ2) is 5.81. The lowest BCUT2D eigenvalue weighted by molar-refractivity contribution is 0.0946. The molecule has 0 saturated heterocycles. The van der Waals surface area contributed by atoms with E-state index in [1.807, 2.05) is 12.1 Å². The van der Waals surface area contributed by atoms with Gasteiger partial charge in [0.15, 0.2) is 15.6 Å². The van der Waals surface area contributed by atoms with Crippen LogP contribution in [0.15, 0.2) is 47.4 Å². The number of rotatable bonds is 3. The number of Topliss-reactive ketones (excluding diaryl/α,β-unsaturated/α-hetero) is 1. The highest BCUT2D eigenvalue weighted by atomic mass is 32.2. The van der Waals surface area contributed by atoms with E-state index in [0.717, 1.165) is 35.3 Å². The third kappa shape index (κ3) is 3.01. The molecule has 4 nitrogen and oxygen atoms in total. The molecule has 0 fully saturated rings. The number of carbonyl (C=O) groups excluding carboxylic acids is 1. The van der Waals surface area contributed by atoms with Crippen LogP contribution in [0.4, 0.5) is 0 Å². The molecule has 5 heteroatoms. The fraction of sp³-hybridized carbons (Fsp3) is 0.278. The highest BCUT2D eigenvalue weighted by Gasteiger charge is 2.29. The van der Waals surface area contributed by atoms with Crippen LogP contribution in [0.2, 0.25) is 0 Å². The number of ketones is 1. The van der Waals surface area contributed by atoms with Crippen molar-refractivity contribution in [3.8, 4) is 5.75 Å². The van der Waals surface area contributed by atoms with Crippen LogP contribution in [-0.4, -0.2) is 27.6 Å². The van der Waals surface area contributed by atoms with Crippen molar-refractivity contribution in [1.82, 2.24) is 0 Å². The van der Waals surface area contributed by atoms with Gasteiger partial charge in [-0.15, -0.1) is 0 Å². The highest BCUT2D eigenvalue weighted by molar-refractivity contribution is 7.90. The average molecular weight is 330 g/mol. The molecule has 0 aliphatic heterocycles. The Hall–Kier alpha value is -2.14.